The summed E-state index contributed by atoms with van der Waals surface area (Å²) in [5, 5.41) is 12.2. The Labute approximate surface area is 163 Å². The van der Waals surface area contributed by atoms with Gasteiger partial charge in [-0.25, -0.2) is 4.79 Å². The molecule has 0 bridgehead atoms. The average molecular weight is 377 g/mol. The second-order valence-electron chi connectivity index (χ2n) is 6.99. The highest BCUT2D eigenvalue weighted by molar-refractivity contribution is 6.00. The number of ether oxygens (including phenoxy) is 1. The molecule has 2 aromatic heterocycles. The number of aromatic nitrogens is 3. The molecule has 7 nitrogen and oxygen atoms in total. The molecule has 144 valence electrons. The van der Waals surface area contributed by atoms with E-state index in [1.807, 2.05) is 49.4 Å². The van der Waals surface area contributed by atoms with Crippen molar-refractivity contribution < 1.29 is 9.53 Å². The fourth-order valence-electron chi connectivity index (χ4n) is 3.41. The number of anilines is 1. The third-order valence-electron chi connectivity index (χ3n) is 4.81. The normalized spacial score (nSPS) is 16.2. The van der Waals surface area contributed by atoms with Crippen molar-refractivity contribution in [2.75, 3.05) is 18.5 Å². The number of nitrogens with zero attached hydrogens (tertiary/aromatic N) is 4. The molecule has 1 atom stereocenters. The molecule has 0 spiro atoms. The number of carbonyl (C=O) groups is 1. The smallest absolute Gasteiger partial charge is 0.322 e. The molecule has 0 aliphatic carbocycles. The van der Waals surface area contributed by atoms with E-state index in [1.165, 1.54) is 0 Å². The SMILES string of the molecule is Cc1cc2c(NC(=O)N(Cc3ccccn3)C[C@@H]3CCCO3)cccc2nn1. The maximum Gasteiger partial charge on any atom is 0.322 e. The number of aryl methyl sites for hydroxylation is 1. The van der Waals surface area contributed by atoms with E-state index in [2.05, 4.69) is 20.5 Å². The summed E-state index contributed by atoms with van der Waals surface area (Å²) >= 11 is 0. The predicted molar refractivity (Wildman–Crippen MR) is 107 cm³/mol. The lowest BCUT2D eigenvalue weighted by Crippen LogP contribution is -2.39. The minimum atomic E-state index is -0.178. The lowest BCUT2D eigenvalue weighted by atomic mass is 10.2. The molecule has 1 aliphatic heterocycles. The lowest BCUT2D eigenvalue weighted by Gasteiger charge is -2.25. The first-order valence-electron chi connectivity index (χ1n) is 9.49. The molecule has 0 radical (unpaired) electrons. The third kappa shape index (κ3) is 4.26. The van der Waals surface area contributed by atoms with Gasteiger partial charge in [-0.15, -0.1) is 0 Å². The molecule has 0 unspecified atom stereocenters. The Hall–Kier alpha value is -3.06. The van der Waals surface area contributed by atoms with Gasteiger partial charge in [0.1, 0.15) is 0 Å². The van der Waals surface area contributed by atoms with Gasteiger partial charge in [-0.2, -0.15) is 10.2 Å². The molecule has 0 saturated carbocycles. The minimum Gasteiger partial charge on any atom is -0.376 e. The molecular weight excluding hydrogens is 354 g/mol. The van der Waals surface area contributed by atoms with Crippen LogP contribution in [-0.2, 0) is 11.3 Å². The molecule has 1 aromatic carbocycles. The maximum atomic E-state index is 13.1. The summed E-state index contributed by atoms with van der Waals surface area (Å²) in [6, 6.07) is 13.1. The summed E-state index contributed by atoms with van der Waals surface area (Å²) in [5.41, 5.74) is 3.12. The Kier molecular flexibility index (Phi) is 5.43. The number of amides is 2. The molecule has 4 rings (SSSR count). The van der Waals surface area contributed by atoms with Crippen LogP contribution in [0.3, 0.4) is 0 Å². The van der Waals surface area contributed by atoms with Crippen LogP contribution >= 0.6 is 0 Å². The molecule has 2 amide bonds. The number of urea groups is 1. The number of fused-ring (bicyclic) bond motifs is 1. The molecule has 28 heavy (non-hydrogen) atoms. The molecule has 3 aromatic rings. The Morgan fingerprint density at radius 3 is 2.96 bits per heavy atom. The summed E-state index contributed by atoms with van der Waals surface area (Å²) in [5.74, 6) is 0. The fraction of sp³-hybridized carbons (Fsp3) is 0.333. The predicted octanol–water partition coefficient (Wildman–Crippen LogP) is 3.55. The van der Waals surface area contributed by atoms with Gasteiger partial charge in [0.2, 0.25) is 0 Å². The third-order valence-corrected chi connectivity index (χ3v) is 4.81. The summed E-state index contributed by atoms with van der Waals surface area (Å²) < 4.78 is 5.75. The van der Waals surface area contributed by atoms with Gasteiger partial charge in [-0.1, -0.05) is 12.1 Å². The molecule has 1 saturated heterocycles. The van der Waals surface area contributed by atoms with Crippen LogP contribution in [0.2, 0.25) is 0 Å². The van der Waals surface area contributed by atoms with Gasteiger partial charge in [-0.05, 0) is 50.1 Å². The van der Waals surface area contributed by atoms with E-state index in [0.717, 1.165) is 47.4 Å². The van der Waals surface area contributed by atoms with Gasteiger partial charge in [0.15, 0.2) is 0 Å². The van der Waals surface area contributed by atoms with Gasteiger partial charge < -0.3 is 15.0 Å². The van der Waals surface area contributed by atoms with E-state index in [9.17, 15) is 4.79 Å². The van der Waals surface area contributed by atoms with Gasteiger partial charge in [-0.3, -0.25) is 4.98 Å². The second-order valence-corrected chi connectivity index (χ2v) is 6.99. The fourth-order valence-corrected chi connectivity index (χ4v) is 3.41. The van der Waals surface area contributed by atoms with Crippen molar-refractivity contribution in [3.05, 3.63) is 60.0 Å². The van der Waals surface area contributed by atoms with Crippen LogP contribution in [0, 0.1) is 6.92 Å². The Morgan fingerprint density at radius 2 is 2.18 bits per heavy atom. The van der Waals surface area contributed by atoms with Crippen LogP contribution in [0.4, 0.5) is 10.5 Å². The summed E-state index contributed by atoms with van der Waals surface area (Å²) in [7, 11) is 0. The Morgan fingerprint density at radius 1 is 1.25 bits per heavy atom. The molecule has 1 aliphatic rings. The molecule has 7 heteroatoms. The van der Waals surface area contributed by atoms with E-state index in [-0.39, 0.29) is 12.1 Å². The molecule has 3 heterocycles. The van der Waals surface area contributed by atoms with Gasteiger partial charge in [0, 0.05) is 24.7 Å². The van der Waals surface area contributed by atoms with Crippen molar-refractivity contribution in [1.82, 2.24) is 20.1 Å². The Balaban J connectivity index is 1.57. The highest BCUT2D eigenvalue weighted by Gasteiger charge is 2.23. The summed E-state index contributed by atoms with van der Waals surface area (Å²) in [4.78, 5) is 19.3. The number of nitrogens with one attached hydrogen (secondary N) is 1. The largest absolute Gasteiger partial charge is 0.376 e. The first kappa shape index (κ1) is 18.3. The van der Waals surface area contributed by atoms with Crippen molar-refractivity contribution in [2.24, 2.45) is 0 Å². The zero-order chi connectivity index (χ0) is 19.3. The quantitative estimate of drug-likeness (QED) is 0.735. The second kappa shape index (κ2) is 8.31. The molecule has 1 N–H and O–H groups in total. The van der Waals surface area contributed by atoms with Crippen LogP contribution < -0.4 is 5.32 Å². The minimum absolute atomic E-state index is 0.0649. The first-order valence-corrected chi connectivity index (χ1v) is 9.49. The summed E-state index contributed by atoms with van der Waals surface area (Å²) in [6.07, 6.45) is 3.80. The Bertz CT molecular complexity index is 957. The maximum absolute atomic E-state index is 13.1. The van der Waals surface area contributed by atoms with Gasteiger partial charge >= 0.3 is 6.03 Å². The number of hydrogen-bond acceptors (Lipinski definition) is 5. The highest BCUT2D eigenvalue weighted by Crippen LogP contribution is 2.23. The molecular formula is C21H23N5O2. The van der Waals surface area contributed by atoms with Crippen LogP contribution in [-0.4, -0.2) is 45.4 Å². The highest BCUT2D eigenvalue weighted by atomic mass is 16.5. The zero-order valence-electron chi connectivity index (χ0n) is 15.8. The van der Waals surface area contributed by atoms with E-state index in [1.54, 1.807) is 11.1 Å². The number of hydrogen-bond donors (Lipinski definition) is 1. The first-order chi connectivity index (χ1) is 13.7. The summed E-state index contributed by atoms with van der Waals surface area (Å²) in [6.45, 7) is 3.60. The van der Waals surface area contributed by atoms with Crippen molar-refractivity contribution in [3.8, 4) is 0 Å². The van der Waals surface area contributed by atoms with Gasteiger partial charge in [0.05, 0.1) is 35.2 Å². The van der Waals surface area contributed by atoms with E-state index in [4.69, 9.17) is 4.74 Å². The van der Waals surface area contributed by atoms with Crippen LogP contribution in [0.15, 0.2) is 48.7 Å². The van der Waals surface area contributed by atoms with Crippen LogP contribution in [0.5, 0.6) is 0 Å². The number of pyridine rings is 1. The van der Waals surface area contributed by atoms with E-state index < -0.39 is 0 Å². The lowest BCUT2D eigenvalue weighted by molar-refractivity contribution is 0.0816. The topological polar surface area (TPSA) is 80.2 Å². The van der Waals surface area contributed by atoms with Crippen molar-refractivity contribution in [3.63, 3.8) is 0 Å². The monoisotopic (exact) mass is 377 g/mol. The van der Waals surface area contributed by atoms with Crippen LogP contribution in [0.25, 0.3) is 10.9 Å². The van der Waals surface area contributed by atoms with Crippen molar-refractivity contribution in [1.29, 1.82) is 0 Å². The van der Waals surface area contributed by atoms with E-state index >= 15 is 0 Å². The average Bonchev–Trinajstić information content (AvgIpc) is 3.22. The van der Waals surface area contributed by atoms with E-state index in [0.29, 0.717) is 13.1 Å². The number of benzene rings is 1. The zero-order valence-corrected chi connectivity index (χ0v) is 15.8. The number of carbonyl (C=O) groups excluding carboxylic acids is 1. The standard InChI is InChI=1S/C21H23N5O2/c1-15-12-18-19(8-4-9-20(18)25-24-15)23-21(27)26(14-17-7-5-11-28-17)13-16-6-2-3-10-22-16/h2-4,6,8-10,12,17H,5,7,11,13-14H2,1H3,(H,23,27)/t17-/m0/s1. The van der Waals surface area contributed by atoms with Crippen molar-refractivity contribution in [2.45, 2.75) is 32.4 Å². The van der Waals surface area contributed by atoms with Gasteiger partial charge in [0.25, 0.3) is 0 Å². The molecule has 1 fully saturated rings. The number of rotatable bonds is 5. The van der Waals surface area contributed by atoms with Crippen molar-refractivity contribution >= 4 is 22.6 Å². The van der Waals surface area contributed by atoms with Crippen LogP contribution in [0.1, 0.15) is 24.2 Å².